The Bertz CT molecular complexity index is 1100. The fraction of sp³-hybridized carbons (Fsp3) is 0.188. The van der Waals surface area contributed by atoms with Crippen LogP contribution in [0.4, 0.5) is 4.39 Å². The number of benzene rings is 2. The molecule has 25 heavy (non-hydrogen) atoms. The van der Waals surface area contributed by atoms with Crippen molar-refractivity contribution in [3.8, 4) is 11.5 Å². The molecule has 9 heteroatoms. The number of hydrogen-bond acceptors (Lipinski definition) is 5. The van der Waals surface area contributed by atoms with E-state index in [2.05, 4.69) is 4.40 Å². The van der Waals surface area contributed by atoms with Crippen molar-refractivity contribution in [1.82, 2.24) is 4.57 Å². The van der Waals surface area contributed by atoms with Crippen LogP contribution in [0.3, 0.4) is 0 Å². The highest BCUT2D eigenvalue weighted by Gasteiger charge is 2.15. The summed E-state index contributed by atoms with van der Waals surface area (Å²) >= 11 is 1.20. The van der Waals surface area contributed by atoms with Gasteiger partial charge in [-0.3, -0.25) is 0 Å². The number of ether oxygens (including phenoxy) is 2. The summed E-state index contributed by atoms with van der Waals surface area (Å²) < 4.78 is 54.8. The normalized spacial score (nSPS) is 12.6. The van der Waals surface area contributed by atoms with Gasteiger partial charge in [0.2, 0.25) is 4.80 Å². The highest BCUT2D eigenvalue weighted by atomic mass is 32.2. The summed E-state index contributed by atoms with van der Waals surface area (Å²) in [6, 6.07) is 8.07. The molecule has 1 aromatic heterocycles. The molecule has 0 bridgehead atoms. The van der Waals surface area contributed by atoms with Gasteiger partial charge in [-0.05, 0) is 24.3 Å². The van der Waals surface area contributed by atoms with Crippen LogP contribution in [0.5, 0.6) is 11.5 Å². The summed E-state index contributed by atoms with van der Waals surface area (Å²) in [4.78, 5) is 0.219. The van der Waals surface area contributed by atoms with Crippen LogP contribution >= 0.6 is 11.3 Å². The highest BCUT2D eigenvalue weighted by molar-refractivity contribution is 7.90. The van der Waals surface area contributed by atoms with Crippen molar-refractivity contribution >= 4 is 31.6 Å². The zero-order valence-electron chi connectivity index (χ0n) is 13.7. The third-order valence-electron chi connectivity index (χ3n) is 3.62. The zero-order valence-corrected chi connectivity index (χ0v) is 15.3. The van der Waals surface area contributed by atoms with Gasteiger partial charge < -0.3 is 14.0 Å². The summed E-state index contributed by atoms with van der Waals surface area (Å²) in [7, 11) is 0.823. The molecule has 0 spiro atoms. The molecule has 3 aromatic rings. The molecule has 0 saturated carbocycles. The van der Waals surface area contributed by atoms with Gasteiger partial charge in [0.25, 0.3) is 10.0 Å². The van der Waals surface area contributed by atoms with Crippen molar-refractivity contribution in [3.63, 3.8) is 0 Å². The van der Waals surface area contributed by atoms with Crippen LogP contribution in [0.2, 0.25) is 0 Å². The first kappa shape index (κ1) is 17.4. The van der Waals surface area contributed by atoms with E-state index in [-0.39, 0.29) is 9.70 Å². The Morgan fingerprint density at radius 3 is 2.28 bits per heavy atom. The van der Waals surface area contributed by atoms with Crippen molar-refractivity contribution in [2.75, 3.05) is 14.2 Å². The monoisotopic (exact) mass is 382 g/mol. The minimum absolute atomic E-state index is 0.0680. The number of rotatable bonds is 4. The zero-order chi connectivity index (χ0) is 18.2. The summed E-state index contributed by atoms with van der Waals surface area (Å²) in [5, 5.41) is 0. The Morgan fingerprint density at radius 1 is 1.08 bits per heavy atom. The van der Waals surface area contributed by atoms with Crippen molar-refractivity contribution in [3.05, 3.63) is 47.0 Å². The molecular weight excluding hydrogens is 367 g/mol. The summed E-state index contributed by atoms with van der Waals surface area (Å²) in [6.45, 7) is 0. The maximum Gasteiger partial charge on any atom is 0.285 e. The number of thiazole rings is 1. The molecule has 0 saturated heterocycles. The van der Waals surface area contributed by atoms with Gasteiger partial charge in [-0.1, -0.05) is 11.3 Å². The van der Waals surface area contributed by atoms with Crippen LogP contribution in [-0.4, -0.2) is 27.2 Å². The highest BCUT2D eigenvalue weighted by Crippen LogP contribution is 2.33. The summed E-state index contributed by atoms with van der Waals surface area (Å²) in [6.07, 6.45) is 0. The van der Waals surface area contributed by atoms with E-state index in [9.17, 15) is 12.8 Å². The molecule has 132 valence electrons. The molecule has 1 heterocycles. The number of fused-ring (bicyclic) bond motifs is 1. The van der Waals surface area contributed by atoms with E-state index in [4.69, 9.17) is 9.47 Å². The molecule has 6 nitrogen and oxygen atoms in total. The van der Waals surface area contributed by atoms with Gasteiger partial charge in [-0.15, -0.1) is 4.40 Å². The van der Waals surface area contributed by atoms with Crippen LogP contribution in [0.1, 0.15) is 0 Å². The Hall–Kier alpha value is -2.39. The molecule has 0 fully saturated rings. The molecule has 0 amide bonds. The Labute approximate surface area is 147 Å². The number of sulfonamides is 1. The van der Waals surface area contributed by atoms with Crippen LogP contribution in [-0.2, 0) is 17.1 Å². The average Bonchev–Trinajstić information content (AvgIpc) is 2.88. The van der Waals surface area contributed by atoms with E-state index in [0.717, 1.165) is 22.3 Å². The third kappa shape index (κ3) is 3.24. The van der Waals surface area contributed by atoms with E-state index < -0.39 is 15.8 Å². The number of halogens is 1. The largest absolute Gasteiger partial charge is 0.493 e. The van der Waals surface area contributed by atoms with Crippen molar-refractivity contribution in [1.29, 1.82) is 0 Å². The lowest BCUT2D eigenvalue weighted by molar-refractivity contribution is 0.356. The minimum Gasteiger partial charge on any atom is -0.493 e. The Morgan fingerprint density at radius 2 is 1.68 bits per heavy atom. The van der Waals surface area contributed by atoms with Crippen molar-refractivity contribution in [2.45, 2.75) is 4.90 Å². The lowest BCUT2D eigenvalue weighted by atomic mass is 10.3. The second-order valence-electron chi connectivity index (χ2n) is 5.14. The summed E-state index contributed by atoms with van der Waals surface area (Å²) in [5.41, 5.74) is 0.760. The SMILES string of the molecule is COc1cc2s/c(=N\S(=O)(=O)c3ccc(F)cc3)n(C)c2cc1OC. The Balaban J connectivity index is 2.19. The van der Waals surface area contributed by atoms with E-state index >= 15 is 0 Å². The van der Waals surface area contributed by atoms with Crippen molar-refractivity contribution < 1.29 is 22.3 Å². The predicted molar refractivity (Wildman–Crippen MR) is 93.0 cm³/mol. The fourth-order valence-electron chi connectivity index (χ4n) is 2.31. The third-order valence-corrected chi connectivity index (χ3v) is 6.12. The maximum atomic E-state index is 13.0. The van der Waals surface area contributed by atoms with Gasteiger partial charge in [0.15, 0.2) is 11.5 Å². The van der Waals surface area contributed by atoms with Crippen LogP contribution in [0.25, 0.3) is 10.2 Å². The fourth-order valence-corrected chi connectivity index (χ4v) is 4.56. The first-order valence-corrected chi connectivity index (χ1v) is 9.39. The van der Waals surface area contributed by atoms with Gasteiger partial charge in [-0.2, -0.15) is 8.42 Å². The first-order chi connectivity index (χ1) is 11.9. The second-order valence-corrected chi connectivity index (χ2v) is 7.75. The molecule has 0 atom stereocenters. The lowest BCUT2D eigenvalue weighted by Crippen LogP contribution is -2.13. The quantitative estimate of drug-likeness (QED) is 0.696. The Kier molecular flexibility index (Phi) is 4.53. The molecule has 0 radical (unpaired) electrons. The van der Waals surface area contributed by atoms with E-state index in [1.807, 2.05) is 0 Å². The minimum atomic E-state index is -3.95. The predicted octanol–water partition coefficient (Wildman–Crippen LogP) is 2.69. The topological polar surface area (TPSA) is 69.9 Å². The average molecular weight is 382 g/mol. The molecule has 2 aromatic carbocycles. The molecule has 0 aliphatic heterocycles. The van der Waals surface area contributed by atoms with Gasteiger partial charge in [0.1, 0.15) is 5.82 Å². The summed E-state index contributed by atoms with van der Waals surface area (Å²) in [5.74, 6) is 0.576. The van der Waals surface area contributed by atoms with Gasteiger partial charge in [0, 0.05) is 19.2 Å². The molecule has 3 rings (SSSR count). The molecule has 0 unspecified atom stereocenters. The van der Waals surface area contributed by atoms with Gasteiger partial charge >= 0.3 is 0 Å². The second kappa shape index (κ2) is 6.49. The smallest absolute Gasteiger partial charge is 0.285 e. The molecule has 0 aliphatic carbocycles. The van der Waals surface area contributed by atoms with E-state index in [0.29, 0.717) is 11.5 Å². The van der Waals surface area contributed by atoms with E-state index in [1.165, 1.54) is 37.7 Å². The molecule has 0 N–H and O–H groups in total. The maximum absolute atomic E-state index is 13.0. The number of nitrogens with zero attached hydrogens (tertiary/aromatic N) is 2. The number of hydrogen-bond donors (Lipinski definition) is 0. The molecule has 0 aliphatic rings. The standard InChI is InChI=1S/C16H15FN2O4S2/c1-19-12-8-13(22-2)14(23-3)9-15(12)24-16(19)18-25(20,21)11-6-4-10(17)5-7-11/h4-9H,1-3H3/b18-16-. The van der Waals surface area contributed by atoms with E-state index in [1.54, 1.807) is 23.7 Å². The van der Waals surface area contributed by atoms with Crippen LogP contribution in [0, 0.1) is 5.82 Å². The number of methoxy groups -OCH3 is 2. The number of aryl methyl sites for hydroxylation is 1. The van der Waals surface area contributed by atoms with Crippen LogP contribution in [0.15, 0.2) is 45.7 Å². The lowest BCUT2D eigenvalue weighted by Gasteiger charge is -2.07. The van der Waals surface area contributed by atoms with Gasteiger partial charge in [0.05, 0.1) is 29.3 Å². The first-order valence-electron chi connectivity index (χ1n) is 7.14. The number of aromatic nitrogens is 1. The van der Waals surface area contributed by atoms with Gasteiger partial charge in [-0.25, -0.2) is 4.39 Å². The van der Waals surface area contributed by atoms with Crippen LogP contribution < -0.4 is 14.3 Å². The molecular formula is C16H15FN2O4S2. The van der Waals surface area contributed by atoms with Crippen molar-refractivity contribution in [2.24, 2.45) is 11.4 Å².